The zero-order valence-corrected chi connectivity index (χ0v) is 10.5. The summed E-state index contributed by atoms with van der Waals surface area (Å²) >= 11 is 5.73. The molecule has 0 radical (unpaired) electrons. The molecule has 6 heteroatoms. The molecule has 0 saturated heterocycles. The van der Waals surface area contributed by atoms with Crippen LogP contribution in [-0.2, 0) is 6.54 Å². The Hall–Kier alpha value is -2.14. The summed E-state index contributed by atoms with van der Waals surface area (Å²) in [7, 11) is 0. The molecule has 2 rings (SSSR count). The molecular weight excluding hydrogens is 271 g/mol. The van der Waals surface area contributed by atoms with Crippen molar-refractivity contribution < 1.29 is 9.31 Å². The van der Waals surface area contributed by atoms with Gasteiger partial charge in [-0.3, -0.25) is 10.1 Å². The van der Waals surface area contributed by atoms with Crippen molar-refractivity contribution in [3.8, 4) is 0 Å². The van der Waals surface area contributed by atoms with E-state index < -0.39 is 10.7 Å². The average molecular weight is 281 g/mol. The van der Waals surface area contributed by atoms with Crippen LogP contribution in [0.2, 0.25) is 5.02 Å². The van der Waals surface area contributed by atoms with Gasteiger partial charge >= 0.3 is 0 Å². The third kappa shape index (κ3) is 3.66. The highest BCUT2D eigenvalue weighted by molar-refractivity contribution is 6.30. The van der Waals surface area contributed by atoms with Crippen molar-refractivity contribution in [3.63, 3.8) is 0 Å². The van der Waals surface area contributed by atoms with E-state index in [0.29, 0.717) is 17.3 Å². The zero-order chi connectivity index (χ0) is 13.8. The molecule has 0 spiro atoms. The Balaban J connectivity index is 2.10. The Bertz CT molecular complexity index is 599. The molecule has 0 aliphatic rings. The quantitative estimate of drug-likeness (QED) is 0.680. The summed E-state index contributed by atoms with van der Waals surface area (Å²) in [6.07, 6.45) is 0. The molecule has 0 atom stereocenters. The number of rotatable bonds is 4. The van der Waals surface area contributed by atoms with Crippen molar-refractivity contribution in [1.29, 1.82) is 0 Å². The molecule has 0 fully saturated rings. The number of nitro groups is 1. The third-order valence-electron chi connectivity index (χ3n) is 2.48. The highest BCUT2D eigenvalue weighted by Gasteiger charge is 2.05. The smallest absolute Gasteiger partial charge is 0.269 e. The summed E-state index contributed by atoms with van der Waals surface area (Å²) in [4.78, 5) is 10.2. The van der Waals surface area contributed by atoms with Gasteiger partial charge in [0.1, 0.15) is 5.82 Å². The molecule has 0 aromatic heterocycles. The van der Waals surface area contributed by atoms with E-state index in [9.17, 15) is 14.5 Å². The van der Waals surface area contributed by atoms with E-state index in [1.165, 1.54) is 24.3 Å². The molecule has 0 heterocycles. The fourth-order valence-electron chi connectivity index (χ4n) is 1.64. The SMILES string of the molecule is O=[N+]([O-])c1cccc(CNc2cc(F)cc(Cl)c2)c1. The summed E-state index contributed by atoms with van der Waals surface area (Å²) in [5.41, 5.74) is 1.28. The van der Waals surface area contributed by atoms with E-state index in [-0.39, 0.29) is 5.69 Å². The van der Waals surface area contributed by atoms with Crippen LogP contribution in [-0.4, -0.2) is 4.92 Å². The predicted molar refractivity (Wildman–Crippen MR) is 71.8 cm³/mol. The summed E-state index contributed by atoms with van der Waals surface area (Å²) in [6.45, 7) is 0.349. The number of nitrogens with one attached hydrogen (secondary N) is 1. The third-order valence-corrected chi connectivity index (χ3v) is 2.70. The topological polar surface area (TPSA) is 55.2 Å². The molecular formula is C13H10ClFN2O2. The summed E-state index contributed by atoms with van der Waals surface area (Å²) in [5.74, 6) is -0.436. The Morgan fingerprint density at radius 1 is 1.26 bits per heavy atom. The lowest BCUT2D eigenvalue weighted by molar-refractivity contribution is -0.384. The molecule has 19 heavy (non-hydrogen) atoms. The Morgan fingerprint density at radius 3 is 2.74 bits per heavy atom. The van der Waals surface area contributed by atoms with Crippen LogP contribution in [0.1, 0.15) is 5.56 Å². The van der Waals surface area contributed by atoms with Gasteiger partial charge in [-0.05, 0) is 23.8 Å². The second-order valence-electron chi connectivity index (χ2n) is 3.94. The lowest BCUT2D eigenvalue weighted by atomic mass is 10.2. The van der Waals surface area contributed by atoms with Crippen molar-refractivity contribution in [2.24, 2.45) is 0 Å². The number of hydrogen-bond acceptors (Lipinski definition) is 3. The van der Waals surface area contributed by atoms with Gasteiger partial charge in [-0.2, -0.15) is 0 Å². The van der Waals surface area contributed by atoms with Crippen LogP contribution in [0, 0.1) is 15.9 Å². The minimum atomic E-state index is -0.456. The van der Waals surface area contributed by atoms with Crippen molar-refractivity contribution in [1.82, 2.24) is 0 Å². The second-order valence-corrected chi connectivity index (χ2v) is 4.38. The van der Waals surface area contributed by atoms with Gasteiger partial charge in [-0.25, -0.2) is 4.39 Å². The fraction of sp³-hybridized carbons (Fsp3) is 0.0769. The molecule has 2 aromatic rings. The van der Waals surface area contributed by atoms with E-state index in [1.807, 2.05) is 0 Å². The maximum absolute atomic E-state index is 13.1. The molecule has 0 bridgehead atoms. The minimum Gasteiger partial charge on any atom is -0.381 e. The predicted octanol–water partition coefficient (Wildman–Crippen LogP) is 4.00. The van der Waals surface area contributed by atoms with E-state index in [2.05, 4.69) is 5.32 Å². The molecule has 2 aromatic carbocycles. The molecule has 0 aliphatic carbocycles. The number of benzene rings is 2. The Kier molecular flexibility index (Phi) is 3.97. The molecule has 0 amide bonds. The normalized spacial score (nSPS) is 10.2. The molecule has 4 nitrogen and oxygen atoms in total. The van der Waals surface area contributed by atoms with Gasteiger partial charge in [0, 0.05) is 29.4 Å². The molecule has 98 valence electrons. The van der Waals surface area contributed by atoms with Gasteiger partial charge in [-0.15, -0.1) is 0 Å². The van der Waals surface area contributed by atoms with Gasteiger partial charge < -0.3 is 5.32 Å². The number of non-ortho nitro benzene ring substituents is 1. The molecule has 0 unspecified atom stereocenters. The van der Waals surface area contributed by atoms with Gasteiger partial charge in [0.15, 0.2) is 0 Å². The second kappa shape index (κ2) is 5.67. The first-order valence-electron chi connectivity index (χ1n) is 5.48. The van der Waals surface area contributed by atoms with Crippen molar-refractivity contribution >= 4 is 23.0 Å². The number of hydrogen-bond donors (Lipinski definition) is 1. The number of anilines is 1. The first kappa shape index (κ1) is 13.3. The fourth-order valence-corrected chi connectivity index (χ4v) is 1.86. The average Bonchev–Trinajstić information content (AvgIpc) is 2.35. The molecule has 1 N–H and O–H groups in total. The number of nitro benzene ring substituents is 1. The first-order valence-corrected chi connectivity index (χ1v) is 5.86. The zero-order valence-electron chi connectivity index (χ0n) is 9.77. The van der Waals surface area contributed by atoms with Crippen LogP contribution < -0.4 is 5.32 Å². The van der Waals surface area contributed by atoms with Gasteiger partial charge in [0.2, 0.25) is 0 Å². The van der Waals surface area contributed by atoms with Crippen molar-refractivity contribution in [2.75, 3.05) is 5.32 Å². The van der Waals surface area contributed by atoms with E-state index in [4.69, 9.17) is 11.6 Å². The minimum absolute atomic E-state index is 0.0246. The van der Waals surface area contributed by atoms with E-state index in [0.717, 1.165) is 5.56 Å². The lowest BCUT2D eigenvalue weighted by Crippen LogP contribution is -2.00. The number of nitrogens with zero attached hydrogens (tertiary/aromatic N) is 1. The van der Waals surface area contributed by atoms with E-state index >= 15 is 0 Å². The maximum Gasteiger partial charge on any atom is 0.269 e. The Labute approximate surface area is 114 Å². The number of halogens is 2. The van der Waals surface area contributed by atoms with Crippen LogP contribution in [0.25, 0.3) is 0 Å². The first-order chi connectivity index (χ1) is 9.04. The van der Waals surface area contributed by atoms with Crippen LogP contribution >= 0.6 is 11.6 Å². The van der Waals surface area contributed by atoms with Gasteiger partial charge in [0.25, 0.3) is 5.69 Å². The highest BCUT2D eigenvalue weighted by atomic mass is 35.5. The van der Waals surface area contributed by atoms with Crippen LogP contribution in [0.15, 0.2) is 42.5 Å². The van der Waals surface area contributed by atoms with Gasteiger partial charge in [-0.1, -0.05) is 23.7 Å². The molecule has 0 saturated carbocycles. The highest BCUT2D eigenvalue weighted by Crippen LogP contribution is 2.19. The van der Waals surface area contributed by atoms with Crippen LogP contribution in [0.3, 0.4) is 0 Å². The maximum atomic E-state index is 13.1. The van der Waals surface area contributed by atoms with Crippen LogP contribution in [0.4, 0.5) is 15.8 Å². The van der Waals surface area contributed by atoms with E-state index in [1.54, 1.807) is 18.2 Å². The largest absolute Gasteiger partial charge is 0.381 e. The standard InChI is InChI=1S/C13H10ClFN2O2/c14-10-5-11(15)7-12(6-10)16-8-9-2-1-3-13(4-9)17(18)19/h1-7,16H,8H2. The van der Waals surface area contributed by atoms with Crippen LogP contribution in [0.5, 0.6) is 0 Å². The Morgan fingerprint density at radius 2 is 2.05 bits per heavy atom. The van der Waals surface area contributed by atoms with Crippen molar-refractivity contribution in [3.05, 3.63) is 69.0 Å². The summed E-state index contributed by atoms with van der Waals surface area (Å²) in [5, 5.41) is 13.9. The van der Waals surface area contributed by atoms with Gasteiger partial charge in [0.05, 0.1) is 4.92 Å². The monoisotopic (exact) mass is 280 g/mol. The summed E-state index contributed by atoms with van der Waals surface area (Å²) in [6, 6.07) is 10.3. The lowest BCUT2D eigenvalue weighted by Gasteiger charge is -2.07. The van der Waals surface area contributed by atoms with Crippen molar-refractivity contribution in [2.45, 2.75) is 6.54 Å². The molecule has 0 aliphatic heterocycles. The summed E-state index contributed by atoms with van der Waals surface area (Å²) < 4.78 is 13.1.